The van der Waals surface area contributed by atoms with E-state index < -0.39 is 10.0 Å². The minimum atomic E-state index is -3.18. The third-order valence-corrected chi connectivity index (χ3v) is 7.05. The molecule has 1 aromatic carbocycles. The quantitative estimate of drug-likeness (QED) is 0.647. The van der Waals surface area contributed by atoms with Crippen molar-refractivity contribution in [2.45, 2.75) is 19.3 Å². The van der Waals surface area contributed by atoms with Crippen LogP contribution in [0.2, 0.25) is 0 Å². The molecular weight excluding hydrogens is 386 g/mol. The van der Waals surface area contributed by atoms with E-state index in [0.717, 1.165) is 27.7 Å². The lowest BCUT2D eigenvalue weighted by Crippen LogP contribution is -2.39. The van der Waals surface area contributed by atoms with Gasteiger partial charge in [-0.3, -0.25) is 9.78 Å². The van der Waals surface area contributed by atoms with Crippen molar-refractivity contribution in [3.8, 4) is 11.3 Å². The Hall–Kier alpha value is -2.51. The first-order valence-corrected chi connectivity index (χ1v) is 11.6. The fraction of sp³-hybridized carbons (Fsp3) is 0.364. The van der Waals surface area contributed by atoms with Crippen LogP contribution in [0.1, 0.15) is 18.5 Å². The van der Waals surface area contributed by atoms with E-state index in [1.807, 2.05) is 31.6 Å². The van der Waals surface area contributed by atoms with Gasteiger partial charge in [0.15, 0.2) is 0 Å². The zero-order valence-electron chi connectivity index (χ0n) is 16.7. The topological polar surface area (TPSA) is 72.3 Å². The van der Waals surface area contributed by atoms with E-state index in [2.05, 4.69) is 33.8 Å². The van der Waals surface area contributed by atoms with Crippen molar-refractivity contribution >= 4 is 26.6 Å². The Balaban J connectivity index is 1.49. The van der Waals surface area contributed by atoms with Crippen molar-refractivity contribution in [2.24, 2.45) is 13.0 Å². The summed E-state index contributed by atoms with van der Waals surface area (Å²) in [4.78, 5) is 17.2. The summed E-state index contributed by atoms with van der Waals surface area (Å²) in [5.74, 6) is 0.0452. The number of ketones is 1. The van der Waals surface area contributed by atoms with Gasteiger partial charge in [-0.2, -0.15) is 0 Å². The minimum absolute atomic E-state index is 0.0970. The molecule has 2 aromatic heterocycles. The summed E-state index contributed by atoms with van der Waals surface area (Å²) in [5, 5.41) is 2.11. The van der Waals surface area contributed by atoms with Gasteiger partial charge in [0, 0.05) is 61.6 Å². The van der Waals surface area contributed by atoms with Gasteiger partial charge in [-0.1, -0.05) is 12.1 Å². The van der Waals surface area contributed by atoms with E-state index >= 15 is 0 Å². The molecule has 4 rings (SSSR count). The molecule has 0 amide bonds. The summed E-state index contributed by atoms with van der Waals surface area (Å²) in [6, 6.07) is 12.4. The van der Waals surface area contributed by atoms with Gasteiger partial charge in [0.2, 0.25) is 10.0 Å². The van der Waals surface area contributed by atoms with E-state index in [1.54, 1.807) is 0 Å². The second-order valence-electron chi connectivity index (χ2n) is 7.82. The highest BCUT2D eigenvalue weighted by atomic mass is 32.2. The summed E-state index contributed by atoms with van der Waals surface area (Å²) in [6.07, 6.45) is 6.50. The normalized spacial score (nSPS) is 16.3. The lowest BCUT2D eigenvalue weighted by atomic mass is 9.91. The van der Waals surface area contributed by atoms with Crippen LogP contribution in [0.3, 0.4) is 0 Å². The molecule has 3 heterocycles. The molecule has 1 aliphatic rings. The Morgan fingerprint density at radius 3 is 2.55 bits per heavy atom. The van der Waals surface area contributed by atoms with Crippen molar-refractivity contribution in [3.05, 3.63) is 54.5 Å². The predicted octanol–water partition coefficient (Wildman–Crippen LogP) is 3.02. The Morgan fingerprint density at radius 1 is 1.14 bits per heavy atom. The number of hydrogen-bond donors (Lipinski definition) is 0. The smallest absolute Gasteiger partial charge is 0.211 e. The van der Waals surface area contributed by atoms with Crippen LogP contribution in [-0.4, -0.2) is 47.4 Å². The molecule has 0 bridgehead atoms. The number of carbonyl (C=O) groups excluding carboxylic acids is 1. The number of hydrogen-bond acceptors (Lipinski definition) is 4. The number of pyridine rings is 1. The van der Waals surface area contributed by atoms with Crippen molar-refractivity contribution in [3.63, 3.8) is 0 Å². The number of aryl methyl sites for hydroxylation is 1. The van der Waals surface area contributed by atoms with Gasteiger partial charge in [-0.25, -0.2) is 12.7 Å². The van der Waals surface area contributed by atoms with E-state index in [-0.39, 0.29) is 18.1 Å². The maximum atomic E-state index is 12.7. The number of fused-ring (bicyclic) bond motifs is 1. The molecule has 29 heavy (non-hydrogen) atoms. The van der Waals surface area contributed by atoms with Gasteiger partial charge >= 0.3 is 0 Å². The molecule has 3 aromatic rings. The van der Waals surface area contributed by atoms with Gasteiger partial charge < -0.3 is 4.57 Å². The van der Waals surface area contributed by atoms with Gasteiger partial charge in [0.1, 0.15) is 5.78 Å². The van der Waals surface area contributed by atoms with Crippen LogP contribution in [0.4, 0.5) is 0 Å². The molecule has 0 spiro atoms. The number of carbonyl (C=O) groups is 1. The number of nitrogens with zero attached hydrogens (tertiary/aromatic N) is 3. The lowest BCUT2D eigenvalue weighted by Gasteiger charge is -2.29. The minimum Gasteiger partial charge on any atom is -0.351 e. The Morgan fingerprint density at radius 2 is 1.90 bits per heavy atom. The molecule has 152 valence electrons. The highest BCUT2D eigenvalue weighted by molar-refractivity contribution is 7.88. The second-order valence-corrected chi connectivity index (χ2v) is 9.80. The number of rotatable bonds is 5. The molecule has 7 heteroatoms. The first-order chi connectivity index (χ1) is 13.8. The summed E-state index contributed by atoms with van der Waals surface area (Å²) in [5.41, 5.74) is 3.03. The predicted molar refractivity (Wildman–Crippen MR) is 114 cm³/mol. The molecule has 1 saturated heterocycles. The van der Waals surface area contributed by atoms with Gasteiger partial charge in [0.25, 0.3) is 0 Å². The van der Waals surface area contributed by atoms with Crippen LogP contribution >= 0.6 is 0 Å². The van der Waals surface area contributed by atoms with Crippen LogP contribution in [0, 0.1) is 5.92 Å². The molecule has 0 N–H and O–H groups in total. The van der Waals surface area contributed by atoms with Crippen molar-refractivity contribution in [2.75, 3.05) is 19.3 Å². The number of aromatic nitrogens is 2. The monoisotopic (exact) mass is 411 g/mol. The standard InChI is InChI=1S/C22H25N3O3S/c1-24-9-3-4-21(24)17-5-6-18-15-23-20(13-19(18)12-17)14-22(26)16-7-10-25(11-8-16)29(2,27)28/h3-6,9,12-13,15-16H,7-8,10-11,14H2,1-2H3. The highest BCUT2D eigenvalue weighted by Crippen LogP contribution is 2.26. The van der Waals surface area contributed by atoms with Crippen LogP contribution in [0.25, 0.3) is 22.0 Å². The van der Waals surface area contributed by atoms with E-state index in [0.29, 0.717) is 25.9 Å². The average molecular weight is 412 g/mol. The zero-order chi connectivity index (χ0) is 20.6. The summed E-state index contributed by atoms with van der Waals surface area (Å²) < 4.78 is 26.8. The molecule has 0 unspecified atom stereocenters. The molecule has 1 fully saturated rings. The summed E-state index contributed by atoms with van der Waals surface area (Å²) in [6.45, 7) is 0.834. The van der Waals surface area contributed by atoms with Crippen molar-refractivity contribution < 1.29 is 13.2 Å². The van der Waals surface area contributed by atoms with Crippen molar-refractivity contribution in [1.29, 1.82) is 0 Å². The van der Waals surface area contributed by atoms with Gasteiger partial charge in [-0.15, -0.1) is 0 Å². The van der Waals surface area contributed by atoms with Gasteiger partial charge in [-0.05, 0) is 48.1 Å². The molecule has 0 saturated carbocycles. The Labute approximate surface area is 171 Å². The second kappa shape index (κ2) is 7.72. The lowest BCUT2D eigenvalue weighted by molar-refractivity contribution is -0.123. The third-order valence-electron chi connectivity index (χ3n) is 5.75. The first-order valence-electron chi connectivity index (χ1n) is 9.79. The number of piperidine rings is 1. The third kappa shape index (κ3) is 4.26. The van der Waals surface area contributed by atoms with Crippen LogP contribution in [0.15, 0.2) is 48.8 Å². The fourth-order valence-corrected chi connectivity index (χ4v) is 4.91. The average Bonchev–Trinajstić information content (AvgIpc) is 3.13. The van der Waals surface area contributed by atoms with E-state index in [1.165, 1.54) is 10.6 Å². The summed E-state index contributed by atoms with van der Waals surface area (Å²) >= 11 is 0. The fourth-order valence-electron chi connectivity index (χ4n) is 4.04. The van der Waals surface area contributed by atoms with Crippen LogP contribution < -0.4 is 0 Å². The highest BCUT2D eigenvalue weighted by Gasteiger charge is 2.28. The SMILES string of the molecule is Cn1cccc1-c1ccc2cnc(CC(=O)C3CCN(S(C)(=O)=O)CC3)cc2c1. The molecule has 0 radical (unpaired) electrons. The Kier molecular flexibility index (Phi) is 5.27. The van der Waals surface area contributed by atoms with Crippen LogP contribution in [0.5, 0.6) is 0 Å². The number of Topliss-reactive ketones (excluding diaryl/α,β-unsaturated/α-hetero) is 1. The number of benzene rings is 1. The molecule has 6 nitrogen and oxygen atoms in total. The summed E-state index contributed by atoms with van der Waals surface area (Å²) in [7, 11) is -1.16. The Bertz CT molecular complexity index is 1160. The van der Waals surface area contributed by atoms with Crippen LogP contribution in [-0.2, 0) is 28.3 Å². The molecular formula is C22H25N3O3S. The molecule has 0 atom stereocenters. The van der Waals surface area contributed by atoms with Gasteiger partial charge in [0.05, 0.1) is 6.26 Å². The maximum Gasteiger partial charge on any atom is 0.211 e. The first kappa shape index (κ1) is 19.8. The van der Waals surface area contributed by atoms with E-state index in [9.17, 15) is 13.2 Å². The number of sulfonamides is 1. The van der Waals surface area contributed by atoms with E-state index in [4.69, 9.17) is 0 Å². The largest absolute Gasteiger partial charge is 0.351 e. The molecule has 0 aliphatic carbocycles. The maximum absolute atomic E-state index is 12.7. The zero-order valence-corrected chi connectivity index (χ0v) is 17.5. The molecule has 1 aliphatic heterocycles. The van der Waals surface area contributed by atoms with Crippen molar-refractivity contribution in [1.82, 2.24) is 13.9 Å².